The lowest BCUT2D eigenvalue weighted by Gasteiger charge is -2.33. The Kier molecular flexibility index (Phi) is 3.48. The molecule has 0 spiro atoms. The summed E-state index contributed by atoms with van der Waals surface area (Å²) in [7, 11) is 1.89. The predicted molar refractivity (Wildman–Crippen MR) is 68.7 cm³/mol. The summed E-state index contributed by atoms with van der Waals surface area (Å²) < 4.78 is 0. The standard InChI is InChI=1S/C14H20N2O/c1-10-4-6-12(7-5-10)11(2)16(3)14(17)13-8-15-9-13/h4-7,11,13,15H,8-9H2,1-3H3. The van der Waals surface area contributed by atoms with Crippen molar-refractivity contribution >= 4 is 5.91 Å². The van der Waals surface area contributed by atoms with Crippen LogP contribution in [0.3, 0.4) is 0 Å². The van der Waals surface area contributed by atoms with Crippen LogP contribution in [0.25, 0.3) is 0 Å². The Bertz CT molecular complexity index is 395. The Hall–Kier alpha value is -1.35. The van der Waals surface area contributed by atoms with Gasteiger partial charge in [-0.1, -0.05) is 29.8 Å². The number of rotatable bonds is 3. The number of carbonyl (C=O) groups excluding carboxylic acids is 1. The second-order valence-electron chi connectivity index (χ2n) is 4.89. The highest BCUT2D eigenvalue weighted by molar-refractivity contribution is 5.80. The predicted octanol–water partition coefficient (Wildman–Crippen LogP) is 1.73. The number of amides is 1. The summed E-state index contributed by atoms with van der Waals surface area (Å²) in [5.41, 5.74) is 2.44. The second kappa shape index (κ2) is 4.88. The first-order chi connectivity index (χ1) is 8.09. The molecular weight excluding hydrogens is 212 g/mol. The van der Waals surface area contributed by atoms with E-state index in [1.807, 2.05) is 11.9 Å². The van der Waals surface area contributed by atoms with Gasteiger partial charge in [-0.2, -0.15) is 0 Å². The van der Waals surface area contributed by atoms with Crippen LogP contribution < -0.4 is 5.32 Å². The first-order valence-corrected chi connectivity index (χ1v) is 6.13. The molecule has 1 atom stereocenters. The molecule has 3 nitrogen and oxygen atoms in total. The fourth-order valence-electron chi connectivity index (χ4n) is 2.01. The molecule has 1 aliphatic rings. The van der Waals surface area contributed by atoms with Crippen LogP contribution in [-0.2, 0) is 4.79 Å². The molecule has 17 heavy (non-hydrogen) atoms. The van der Waals surface area contributed by atoms with E-state index in [2.05, 4.69) is 43.4 Å². The van der Waals surface area contributed by atoms with Gasteiger partial charge in [0.15, 0.2) is 0 Å². The zero-order valence-corrected chi connectivity index (χ0v) is 10.7. The van der Waals surface area contributed by atoms with Crippen molar-refractivity contribution in [2.24, 2.45) is 5.92 Å². The van der Waals surface area contributed by atoms with Gasteiger partial charge in [-0.15, -0.1) is 0 Å². The first kappa shape index (κ1) is 12.1. The minimum atomic E-state index is 0.142. The van der Waals surface area contributed by atoms with Gasteiger partial charge in [0, 0.05) is 20.1 Å². The van der Waals surface area contributed by atoms with Crippen LogP contribution >= 0.6 is 0 Å². The van der Waals surface area contributed by atoms with Gasteiger partial charge in [-0.05, 0) is 19.4 Å². The smallest absolute Gasteiger partial charge is 0.228 e. The van der Waals surface area contributed by atoms with E-state index in [-0.39, 0.29) is 17.9 Å². The second-order valence-corrected chi connectivity index (χ2v) is 4.89. The molecular formula is C14H20N2O. The summed E-state index contributed by atoms with van der Waals surface area (Å²) in [6, 6.07) is 8.53. The molecule has 2 rings (SSSR count). The summed E-state index contributed by atoms with van der Waals surface area (Å²) in [4.78, 5) is 14.0. The van der Waals surface area contributed by atoms with Crippen LogP contribution in [0.4, 0.5) is 0 Å². The molecule has 0 radical (unpaired) electrons. The van der Waals surface area contributed by atoms with Crippen LogP contribution in [-0.4, -0.2) is 30.9 Å². The molecule has 0 aromatic heterocycles. The summed E-state index contributed by atoms with van der Waals surface area (Å²) >= 11 is 0. The fourth-order valence-corrected chi connectivity index (χ4v) is 2.01. The average molecular weight is 232 g/mol. The lowest BCUT2D eigenvalue weighted by molar-refractivity contribution is -0.137. The van der Waals surface area contributed by atoms with Crippen molar-refractivity contribution in [3.05, 3.63) is 35.4 Å². The molecule has 1 aromatic carbocycles. The van der Waals surface area contributed by atoms with E-state index in [4.69, 9.17) is 0 Å². The molecule has 1 fully saturated rings. The molecule has 0 saturated carbocycles. The van der Waals surface area contributed by atoms with Gasteiger partial charge < -0.3 is 10.2 Å². The van der Waals surface area contributed by atoms with Crippen molar-refractivity contribution in [1.82, 2.24) is 10.2 Å². The molecule has 1 aliphatic heterocycles. The van der Waals surface area contributed by atoms with Crippen LogP contribution in [0.5, 0.6) is 0 Å². The van der Waals surface area contributed by atoms with Gasteiger partial charge >= 0.3 is 0 Å². The number of nitrogens with zero attached hydrogens (tertiary/aromatic N) is 1. The Morgan fingerprint density at radius 3 is 2.41 bits per heavy atom. The SMILES string of the molecule is Cc1ccc(C(C)N(C)C(=O)C2CNC2)cc1. The van der Waals surface area contributed by atoms with Gasteiger partial charge in [-0.25, -0.2) is 0 Å². The molecule has 0 aliphatic carbocycles. The number of carbonyl (C=O) groups is 1. The highest BCUT2D eigenvalue weighted by Gasteiger charge is 2.29. The maximum atomic E-state index is 12.1. The number of benzene rings is 1. The summed E-state index contributed by atoms with van der Waals surface area (Å²) in [5.74, 6) is 0.421. The summed E-state index contributed by atoms with van der Waals surface area (Å²) in [6.07, 6.45) is 0. The number of hydrogen-bond acceptors (Lipinski definition) is 2. The van der Waals surface area contributed by atoms with Gasteiger partial charge in [0.25, 0.3) is 0 Å². The number of aryl methyl sites for hydroxylation is 1. The van der Waals surface area contributed by atoms with Crippen molar-refractivity contribution < 1.29 is 4.79 Å². The average Bonchev–Trinajstić information content (AvgIpc) is 2.25. The molecule has 1 amide bonds. The highest BCUT2D eigenvalue weighted by atomic mass is 16.2. The van der Waals surface area contributed by atoms with Gasteiger partial charge in [0.2, 0.25) is 5.91 Å². The Morgan fingerprint density at radius 2 is 1.94 bits per heavy atom. The molecule has 0 bridgehead atoms. The molecule has 1 heterocycles. The Balaban J connectivity index is 2.05. The van der Waals surface area contributed by atoms with Gasteiger partial charge in [0.1, 0.15) is 0 Å². The minimum absolute atomic E-state index is 0.142. The van der Waals surface area contributed by atoms with E-state index in [9.17, 15) is 4.79 Å². The molecule has 1 N–H and O–H groups in total. The Morgan fingerprint density at radius 1 is 1.35 bits per heavy atom. The third-order valence-electron chi connectivity index (χ3n) is 3.62. The van der Waals surface area contributed by atoms with Crippen molar-refractivity contribution in [3.63, 3.8) is 0 Å². The van der Waals surface area contributed by atoms with E-state index in [0.29, 0.717) is 0 Å². The maximum Gasteiger partial charge on any atom is 0.228 e. The lowest BCUT2D eigenvalue weighted by Crippen LogP contribution is -2.51. The summed E-state index contributed by atoms with van der Waals surface area (Å²) in [5, 5.41) is 3.14. The number of hydrogen-bond donors (Lipinski definition) is 1. The fraction of sp³-hybridized carbons (Fsp3) is 0.500. The maximum absolute atomic E-state index is 12.1. The topological polar surface area (TPSA) is 32.3 Å². The van der Waals surface area contributed by atoms with Crippen LogP contribution in [0, 0.1) is 12.8 Å². The van der Waals surface area contributed by atoms with E-state index >= 15 is 0 Å². The molecule has 1 saturated heterocycles. The molecule has 92 valence electrons. The largest absolute Gasteiger partial charge is 0.339 e. The quantitative estimate of drug-likeness (QED) is 0.861. The summed E-state index contributed by atoms with van der Waals surface area (Å²) in [6.45, 7) is 5.80. The zero-order valence-electron chi connectivity index (χ0n) is 10.7. The Labute approximate surface area is 103 Å². The lowest BCUT2D eigenvalue weighted by atomic mass is 9.99. The molecule has 1 unspecified atom stereocenters. The normalized spacial score (nSPS) is 17.4. The highest BCUT2D eigenvalue weighted by Crippen LogP contribution is 2.21. The van der Waals surface area contributed by atoms with E-state index in [1.54, 1.807) is 0 Å². The van der Waals surface area contributed by atoms with Crippen LogP contribution in [0.2, 0.25) is 0 Å². The van der Waals surface area contributed by atoms with Crippen molar-refractivity contribution in [3.8, 4) is 0 Å². The molecule has 1 aromatic rings. The minimum Gasteiger partial charge on any atom is -0.339 e. The van der Waals surface area contributed by atoms with Crippen molar-refractivity contribution in [1.29, 1.82) is 0 Å². The zero-order chi connectivity index (χ0) is 12.4. The monoisotopic (exact) mass is 232 g/mol. The van der Waals surface area contributed by atoms with Crippen molar-refractivity contribution in [2.75, 3.05) is 20.1 Å². The molecule has 3 heteroatoms. The van der Waals surface area contributed by atoms with E-state index < -0.39 is 0 Å². The van der Waals surface area contributed by atoms with Crippen LogP contribution in [0.1, 0.15) is 24.1 Å². The third-order valence-corrected chi connectivity index (χ3v) is 3.62. The van der Waals surface area contributed by atoms with Gasteiger partial charge in [-0.3, -0.25) is 4.79 Å². The first-order valence-electron chi connectivity index (χ1n) is 6.13. The van der Waals surface area contributed by atoms with E-state index in [0.717, 1.165) is 13.1 Å². The van der Waals surface area contributed by atoms with Crippen molar-refractivity contribution in [2.45, 2.75) is 19.9 Å². The van der Waals surface area contributed by atoms with Crippen LogP contribution in [0.15, 0.2) is 24.3 Å². The van der Waals surface area contributed by atoms with E-state index in [1.165, 1.54) is 11.1 Å². The van der Waals surface area contributed by atoms with Gasteiger partial charge in [0.05, 0.1) is 12.0 Å². The number of nitrogens with one attached hydrogen (secondary N) is 1. The third kappa shape index (κ3) is 2.50.